The summed E-state index contributed by atoms with van der Waals surface area (Å²) < 4.78 is 2.58. The second-order valence-electron chi connectivity index (χ2n) is 38.7. The van der Waals surface area contributed by atoms with E-state index in [2.05, 4.69) is 433 Å². The van der Waals surface area contributed by atoms with E-state index in [9.17, 15) is 0 Å². The summed E-state index contributed by atoms with van der Waals surface area (Å²) >= 11 is 0. The molecule has 0 unspecified atom stereocenters. The molecule has 0 saturated carbocycles. The molecule has 0 bridgehead atoms. The van der Waals surface area contributed by atoms with Crippen LogP contribution in [0.3, 0.4) is 0 Å². The fourth-order valence-corrected chi connectivity index (χ4v) is 17.3. The number of fused-ring (bicyclic) bond motifs is 7. The Balaban J connectivity index is 1.11. The van der Waals surface area contributed by atoms with E-state index < -0.39 is 0 Å². The van der Waals surface area contributed by atoms with Crippen LogP contribution in [0.25, 0.3) is 94.3 Å². The normalized spacial score (nSPS) is 13.4. The van der Waals surface area contributed by atoms with Crippen LogP contribution in [0.2, 0.25) is 0 Å². The average molecular weight is 1430 g/mol. The Labute approximate surface area is 656 Å². The summed E-state index contributed by atoms with van der Waals surface area (Å²) in [7, 11) is 0. The van der Waals surface area contributed by atoms with E-state index >= 15 is 0 Å². The molecule has 0 spiro atoms. The maximum Gasteiger partial charge on any atom is 0.252 e. The summed E-state index contributed by atoms with van der Waals surface area (Å²) in [5, 5.41) is 2.53. The number of nitrogens with zero attached hydrogens (tertiary/aromatic N) is 3. The lowest BCUT2D eigenvalue weighted by Crippen LogP contribution is -2.61. The van der Waals surface area contributed by atoms with Crippen molar-refractivity contribution >= 4 is 79.0 Å². The van der Waals surface area contributed by atoms with Gasteiger partial charge in [-0.2, -0.15) is 0 Å². The fraction of sp³-hybridized carbons (Fsp3) is 0.264. The van der Waals surface area contributed by atoms with Gasteiger partial charge in [0.1, 0.15) is 0 Å². The van der Waals surface area contributed by atoms with E-state index in [4.69, 9.17) is 0 Å². The zero-order valence-electron chi connectivity index (χ0n) is 68.9. The van der Waals surface area contributed by atoms with Crippen LogP contribution in [0.4, 0.5) is 34.1 Å². The highest BCUT2D eigenvalue weighted by Gasteiger charge is 2.47. The van der Waals surface area contributed by atoms with E-state index in [1.807, 2.05) is 0 Å². The molecule has 4 heteroatoms. The standard InChI is InChI=1S/C106H108BN3/c1-100(2,3)74-46-38-69(39-47-74)81-34-28-35-82(70-40-48-75(49-41-70)101(4,5)6)98(81)109-93-64-80(108-91-58-54-78(104(13,14)15)62-86(91)87-63-79(105(16,17)18)55-59-92(87)108)56-57-89(93)107-90-65-85(68-32-26-23-27-33-68)88(106(19,20)21)66-94(90)110(96-61-73(60-95(109)97(96)107)67-30-24-22-25-31-67)99-83(71-42-50-76(51-43-71)102(7,8)9)36-29-37-84(99)72-44-52-77(53-45-72)103(10,11)12/h22-66H,1-21H3. The van der Waals surface area contributed by atoms with Gasteiger partial charge >= 0.3 is 0 Å². The van der Waals surface area contributed by atoms with Gasteiger partial charge in [-0.15, -0.1) is 0 Å². The van der Waals surface area contributed by atoms with E-state index in [-0.39, 0.29) is 44.6 Å². The van der Waals surface area contributed by atoms with Gasteiger partial charge in [-0.3, -0.25) is 0 Å². The molecule has 14 aromatic rings. The first-order valence-corrected chi connectivity index (χ1v) is 40.0. The molecule has 0 fully saturated rings. The Hall–Kier alpha value is -10.7. The van der Waals surface area contributed by atoms with Gasteiger partial charge in [-0.1, -0.05) is 364 Å². The first-order valence-electron chi connectivity index (χ1n) is 40.0. The summed E-state index contributed by atoms with van der Waals surface area (Å²) in [6, 6.07) is 107. The average Bonchev–Trinajstić information content (AvgIpc) is 0.745. The third-order valence-electron chi connectivity index (χ3n) is 23.7. The Morgan fingerprint density at radius 1 is 0.227 bits per heavy atom. The van der Waals surface area contributed by atoms with E-state index in [1.54, 1.807) is 0 Å². The van der Waals surface area contributed by atoms with Gasteiger partial charge in [0.2, 0.25) is 0 Å². The van der Waals surface area contributed by atoms with Crippen molar-refractivity contribution in [2.75, 3.05) is 9.80 Å². The van der Waals surface area contributed by atoms with Crippen molar-refractivity contribution in [2.45, 2.75) is 183 Å². The van der Waals surface area contributed by atoms with Crippen molar-refractivity contribution in [3.05, 3.63) is 312 Å². The molecule has 0 radical (unpaired) electrons. The van der Waals surface area contributed by atoms with Crippen molar-refractivity contribution in [3.8, 4) is 72.4 Å². The van der Waals surface area contributed by atoms with Gasteiger partial charge in [-0.25, -0.2) is 0 Å². The molecule has 0 saturated heterocycles. The second kappa shape index (κ2) is 26.5. The van der Waals surface area contributed by atoms with Crippen LogP contribution >= 0.6 is 0 Å². The van der Waals surface area contributed by atoms with Crippen molar-refractivity contribution in [1.82, 2.24) is 4.57 Å². The van der Waals surface area contributed by atoms with Crippen LogP contribution in [0.1, 0.15) is 184 Å². The summed E-state index contributed by atoms with van der Waals surface area (Å²) in [6.45, 7) is 48.8. The molecular formula is C106H108BN3. The summed E-state index contributed by atoms with van der Waals surface area (Å²) in [6.07, 6.45) is 0. The number of rotatable bonds is 9. The van der Waals surface area contributed by atoms with Crippen LogP contribution < -0.4 is 26.2 Å². The largest absolute Gasteiger partial charge is 0.310 e. The van der Waals surface area contributed by atoms with Gasteiger partial charge in [0, 0.05) is 61.5 Å². The van der Waals surface area contributed by atoms with Gasteiger partial charge in [0.05, 0.1) is 22.4 Å². The van der Waals surface area contributed by atoms with Crippen molar-refractivity contribution in [3.63, 3.8) is 0 Å². The Bertz CT molecular complexity index is 5660. The highest BCUT2D eigenvalue weighted by molar-refractivity contribution is 7.00. The first-order chi connectivity index (χ1) is 52.0. The first kappa shape index (κ1) is 73.5. The summed E-state index contributed by atoms with van der Waals surface area (Å²) in [5.41, 5.74) is 36.6. The summed E-state index contributed by atoms with van der Waals surface area (Å²) in [4.78, 5) is 5.50. The molecule has 13 aromatic carbocycles. The van der Waals surface area contributed by atoms with Gasteiger partial charge in [0.25, 0.3) is 6.71 Å². The molecule has 3 nitrogen and oxygen atoms in total. The minimum Gasteiger partial charge on any atom is -0.310 e. The maximum atomic E-state index is 2.75. The van der Waals surface area contributed by atoms with Crippen LogP contribution in [-0.4, -0.2) is 11.3 Å². The molecular weight excluding hydrogens is 1330 g/mol. The molecule has 2 aliphatic rings. The molecule has 16 rings (SSSR count). The number of anilines is 6. The molecule has 0 atom stereocenters. The predicted octanol–water partition coefficient (Wildman–Crippen LogP) is 28.0. The summed E-state index contributed by atoms with van der Waals surface area (Å²) in [5.74, 6) is 0. The van der Waals surface area contributed by atoms with Crippen LogP contribution in [0.15, 0.2) is 273 Å². The smallest absolute Gasteiger partial charge is 0.252 e. The molecule has 550 valence electrons. The lowest BCUT2D eigenvalue weighted by atomic mass is 9.33. The monoisotopic (exact) mass is 1430 g/mol. The highest BCUT2D eigenvalue weighted by Crippen LogP contribution is 2.56. The molecule has 0 aliphatic carbocycles. The Morgan fingerprint density at radius 2 is 0.564 bits per heavy atom. The molecule has 0 N–H and O–H groups in total. The third-order valence-corrected chi connectivity index (χ3v) is 23.7. The van der Waals surface area contributed by atoms with Gasteiger partial charge in [0.15, 0.2) is 0 Å². The topological polar surface area (TPSA) is 11.4 Å². The van der Waals surface area contributed by atoms with E-state index in [0.717, 1.165) is 89.8 Å². The lowest BCUT2D eigenvalue weighted by molar-refractivity contribution is 0.590. The van der Waals surface area contributed by atoms with Crippen molar-refractivity contribution < 1.29 is 0 Å². The van der Waals surface area contributed by atoms with Crippen LogP contribution in [0, 0.1) is 0 Å². The fourth-order valence-electron chi connectivity index (χ4n) is 17.3. The maximum absolute atomic E-state index is 2.75. The van der Waals surface area contributed by atoms with Gasteiger partial charge < -0.3 is 14.4 Å². The number of benzene rings is 13. The van der Waals surface area contributed by atoms with Crippen LogP contribution in [0.5, 0.6) is 0 Å². The van der Waals surface area contributed by atoms with Crippen molar-refractivity contribution in [2.24, 2.45) is 0 Å². The minimum atomic E-state index is -0.285. The van der Waals surface area contributed by atoms with Crippen molar-refractivity contribution in [1.29, 1.82) is 0 Å². The quantitative estimate of drug-likeness (QED) is 0.133. The number of aromatic nitrogens is 1. The SMILES string of the molecule is CC(C)(C)c1ccc(-c2cccc(-c3ccc(C(C)(C)C)cc3)c2N2c3cc(-n4c5ccc(C(C)(C)C)cc5c5cc(C(C)(C)C)ccc54)ccc3B3c4cc(-c5ccccc5)c(C(C)(C)C)cc4N(c4c(-c5ccc(C(C)(C)C)cc5)cccc4-c4ccc(C(C)(C)C)cc4)c4cc(-c5ccccc5)cc2c43)cc1. The molecule has 2 aliphatic heterocycles. The van der Waals surface area contributed by atoms with E-state index in [1.165, 1.54) is 94.0 Å². The molecule has 1 aromatic heterocycles. The highest BCUT2D eigenvalue weighted by atomic mass is 15.2. The number of hydrogen-bond acceptors (Lipinski definition) is 2. The number of hydrogen-bond donors (Lipinski definition) is 0. The zero-order chi connectivity index (χ0) is 77.7. The zero-order valence-corrected chi connectivity index (χ0v) is 68.9. The predicted molar refractivity (Wildman–Crippen MR) is 478 cm³/mol. The lowest BCUT2D eigenvalue weighted by Gasteiger charge is -2.46. The molecule has 0 amide bonds. The molecule has 110 heavy (non-hydrogen) atoms. The Kier molecular flexibility index (Phi) is 17.7. The third kappa shape index (κ3) is 13.1. The minimum absolute atomic E-state index is 0.0431. The van der Waals surface area contributed by atoms with Crippen LogP contribution in [-0.2, 0) is 37.9 Å². The van der Waals surface area contributed by atoms with E-state index in [0.29, 0.717) is 0 Å². The molecule has 3 heterocycles. The van der Waals surface area contributed by atoms with Gasteiger partial charge in [-0.05, 0) is 192 Å². The second-order valence-corrected chi connectivity index (χ2v) is 38.7. The Morgan fingerprint density at radius 3 is 0.918 bits per heavy atom. The number of para-hydroxylation sites is 2.